The second-order valence-electron chi connectivity index (χ2n) is 4.66. The highest BCUT2D eigenvalue weighted by Gasteiger charge is 2.21. The fraction of sp³-hybridized carbons (Fsp3) is 0.357. The van der Waals surface area contributed by atoms with E-state index in [9.17, 15) is 13.2 Å². The van der Waals surface area contributed by atoms with E-state index in [0.29, 0.717) is 12.0 Å². The van der Waals surface area contributed by atoms with Crippen molar-refractivity contribution in [1.29, 1.82) is 0 Å². The van der Waals surface area contributed by atoms with E-state index in [4.69, 9.17) is 0 Å². The van der Waals surface area contributed by atoms with E-state index < -0.39 is 15.9 Å². The minimum absolute atomic E-state index is 0.0508. The lowest BCUT2D eigenvalue weighted by Gasteiger charge is -2.15. The predicted molar refractivity (Wildman–Crippen MR) is 80.0 cm³/mol. The molecule has 1 amide bonds. The van der Waals surface area contributed by atoms with Gasteiger partial charge in [0.25, 0.3) is 5.91 Å². The molecule has 0 aliphatic carbocycles. The number of benzene rings is 1. The van der Waals surface area contributed by atoms with Crippen LogP contribution in [0.2, 0.25) is 0 Å². The minimum atomic E-state index is -3.67. The molecule has 1 aromatic rings. The van der Waals surface area contributed by atoms with E-state index >= 15 is 0 Å². The van der Waals surface area contributed by atoms with E-state index in [2.05, 4.69) is 16.6 Å². The van der Waals surface area contributed by atoms with Gasteiger partial charge in [-0.05, 0) is 32.4 Å². The van der Waals surface area contributed by atoms with Crippen LogP contribution in [-0.2, 0) is 14.8 Å². The van der Waals surface area contributed by atoms with Gasteiger partial charge in [0.15, 0.2) is 0 Å². The molecule has 0 aromatic heterocycles. The van der Waals surface area contributed by atoms with Crippen LogP contribution in [0.4, 0.5) is 5.69 Å². The number of hydrogen-bond donors (Lipinski definition) is 2. The monoisotopic (exact) mass is 296 g/mol. The standard InChI is InChI=1S/C14H20N2O3S/c1-5-11(4)16-20(18,19)13-9-7-6-8-12(13)15-14(17)10(2)3/h6-9,11,16H,2,5H2,1,3-4H3,(H,15,17)/t11-/m1/s1. The molecule has 0 fully saturated rings. The number of carbonyl (C=O) groups excluding carboxylic acids is 1. The first kappa shape index (κ1) is 16.4. The van der Waals surface area contributed by atoms with Crippen molar-refractivity contribution in [3.8, 4) is 0 Å². The first-order valence-electron chi connectivity index (χ1n) is 6.36. The molecule has 0 aliphatic heterocycles. The average Bonchev–Trinajstić information content (AvgIpc) is 2.38. The Morgan fingerprint density at radius 3 is 2.50 bits per heavy atom. The normalized spacial score (nSPS) is 12.8. The Kier molecular flexibility index (Phi) is 5.47. The van der Waals surface area contributed by atoms with Crippen molar-refractivity contribution in [3.63, 3.8) is 0 Å². The Labute approximate surface area is 120 Å². The molecule has 0 aliphatic rings. The zero-order valence-corrected chi connectivity index (χ0v) is 12.8. The number of amides is 1. The summed E-state index contributed by atoms with van der Waals surface area (Å²) in [6, 6.07) is 6.10. The molecule has 0 heterocycles. The van der Waals surface area contributed by atoms with Crippen LogP contribution in [0.1, 0.15) is 27.2 Å². The van der Waals surface area contributed by atoms with Crippen LogP contribution < -0.4 is 10.0 Å². The first-order valence-corrected chi connectivity index (χ1v) is 7.84. The van der Waals surface area contributed by atoms with Crippen LogP contribution >= 0.6 is 0 Å². The lowest BCUT2D eigenvalue weighted by Crippen LogP contribution is -2.32. The fourth-order valence-electron chi connectivity index (χ4n) is 1.44. The molecular weight excluding hydrogens is 276 g/mol. The molecule has 0 unspecified atom stereocenters. The second kappa shape index (κ2) is 6.67. The SMILES string of the molecule is C=C(C)C(=O)Nc1ccccc1S(=O)(=O)N[C@H](C)CC. The van der Waals surface area contributed by atoms with Gasteiger partial charge in [0, 0.05) is 11.6 Å². The van der Waals surface area contributed by atoms with Gasteiger partial charge in [-0.15, -0.1) is 0 Å². The maximum atomic E-state index is 12.3. The molecular formula is C14H20N2O3S. The summed E-state index contributed by atoms with van der Waals surface area (Å²) in [5.74, 6) is -0.406. The van der Waals surface area contributed by atoms with Crippen molar-refractivity contribution in [2.75, 3.05) is 5.32 Å². The molecule has 2 N–H and O–H groups in total. The van der Waals surface area contributed by atoms with Crippen LogP contribution in [-0.4, -0.2) is 20.4 Å². The largest absolute Gasteiger partial charge is 0.321 e. The third-order valence-corrected chi connectivity index (χ3v) is 4.43. The molecule has 6 heteroatoms. The van der Waals surface area contributed by atoms with Gasteiger partial charge in [-0.2, -0.15) is 0 Å². The molecule has 0 saturated carbocycles. The Balaban J connectivity index is 3.13. The summed E-state index contributed by atoms with van der Waals surface area (Å²) in [5, 5.41) is 2.55. The zero-order valence-electron chi connectivity index (χ0n) is 11.9. The van der Waals surface area contributed by atoms with E-state index in [1.807, 2.05) is 6.92 Å². The molecule has 1 aromatic carbocycles. The van der Waals surface area contributed by atoms with Gasteiger partial charge in [0.05, 0.1) is 5.69 Å². The topological polar surface area (TPSA) is 75.3 Å². The van der Waals surface area contributed by atoms with Gasteiger partial charge < -0.3 is 5.32 Å². The van der Waals surface area contributed by atoms with Gasteiger partial charge in [0.1, 0.15) is 4.90 Å². The summed E-state index contributed by atoms with van der Waals surface area (Å²) in [6.45, 7) is 8.76. The third-order valence-electron chi connectivity index (χ3n) is 2.78. The molecule has 0 radical (unpaired) electrons. The number of rotatable bonds is 6. The smallest absolute Gasteiger partial charge is 0.250 e. The van der Waals surface area contributed by atoms with Crippen LogP contribution in [0.5, 0.6) is 0 Å². The van der Waals surface area contributed by atoms with Crippen molar-refractivity contribution < 1.29 is 13.2 Å². The number of sulfonamides is 1. The number of carbonyl (C=O) groups is 1. The van der Waals surface area contributed by atoms with Crippen LogP contribution in [0.25, 0.3) is 0 Å². The Bertz CT molecular complexity index is 609. The highest BCUT2D eigenvalue weighted by Crippen LogP contribution is 2.21. The third kappa shape index (κ3) is 4.18. The van der Waals surface area contributed by atoms with Gasteiger partial charge in [-0.25, -0.2) is 13.1 Å². The lowest BCUT2D eigenvalue weighted by molar-refractivity contribution is -0.112. The maximum Gasteiger partial charge on any atom is 0.250 e. The van der Waals surface area contributed by atoms with Crippen molar-refractivity contribution in [2.45, 2.75) is 38.1 Å². The minimum Gasteiger partial charge on any atom is -0.321 e. The summed E-state index contributed by atoms with van der Waals surface area (Å²) < 4.78 is 27.1. The molecule has 1 atom stereocenters. The summed E-state index contributed by atoms with van der Waals surface area (Å²) in [5.41, 5.74) is 0.559. The Morgan fingerprint density at radius 2 is 1.95 bits per heavy atom. The zero-order chi connectivity index (χ0) is 15.3. The summed E-state index contributed by atoms with van der Waals surface area (Å²) >= 11 is 0. The first-order chi connectivity index (χ1) is 9.27. The van der Waals surface area contributed by atoms with Gasteiger partial charge in [0.2, 0.25) is 10.0 Å². The van der Waals surface area contributed by atoms with Crippen molar-refractivity contribution in [2.24, 2.45) is 0 Å². The Hall–Kier alpha value is -1.66. The van der Waals surface area contributed by atoms with E-state index in [-0.39, 0.29) is 16.6 Å². The fourth-order valence-corrected chi connectivity index (χ4v) is 2.93. The van der Waals surface area contributed by atoms with Crippen molar-refractivity contribution in [3.05, 3.63) is 36.4 Å². The van der Waals surface area contributed by atoms with Crippen molar-refractivity contribution in [1.82, 2.24) is 4.72 Å². The average molecular weight is 296 g/mol. The summed E-state index contributed by atoms with van der Waals surface area (Å²) in [4.78, 5) is 11.7. The maximum absolute atomic E-state index is 12.3. The molecule has 0 saturated heterocycles. The van der Waals surface area contributed by atoms with Crippen LogP contribution in [0.3, 0.4) is 0 Å². The highest BCUT2D eigenvalue weighted by atomic mass is 32.2. The number of nitrogens with one attached hydrogen (secondary N) is 2. The van der Waals surface area contributed by atoms with Crippen LogP contribution in [0, 0.1) is 0 Å². The van der Waals surface area contributed by atoms with Gasteiger partial charge >= 0.3 is 0 Å². The van der Waals surface area contributed by atoms with Crippen LogP contribution in [0.15, 0.2) is 41.3 Å². The molecule has 0 bridgehead atoms. The number of para-hydroxylation sites is 1. The quantitative estimate of drug-likeness (QED) is 0.791. The highest BCUT2D eigenvalue weighted by molar-refractivity contribution is 7.89. The Morgan fingerprint density at radius 1 is 1.35 bits per heavy atom. The number of anilines is 1. The summed E-state index contributed by atoms with van der Waals surface area (Å²) in [7, 11) is -3.67. The van der Waals surface area contributed by atoms with Gasteiger partial charge in [-0.3, -0.25) is 4.79 Å². The number of hydrogen-bond acceptors (Lipinski definition) is 3. The second-order valence-corrected chi connectivity index (χ2v) is 6.34. The molecule has 5 nitrogen and oxygen atoms in total. The molecule has 20 heavy (non-hydrogen) atoms. The molecule has 0 spiro atoms. The predicted octanol–water partition coefficient (Wildman–Crippen LogP) is 2.28. The van der Waals surface area contributed by atoms with Crippen molar-refractivity contribution >= 4 is 21.6 Å². The van der Waals surface area contributed by atoms with E-state index in [0.717, 1.165) is 0 Å². The van der Waals surface area contributed by atoms with E-state index in [1.54, 1.807) is 32.0 Å². The summed E-state index contributed by atoms with van der Waals surface area (Å²) in [6.07, 6.45) is 0.680. The van der Waals surface area contributed by atoms with E-state index in [1.165, 1.54) is 6.07 Å². The molecule has 1 rings (SSSR count). The molecule has 110 valence electrons. The van der Waals surface area contributed by atoms with Gasteiger partial charge in [-0.1, -0.05) is 25.6 Å². The lowest BCUT2D eigenvalue weighted by atomic mass is 10.3.